The van der Waals surface area contributed by atoms with Crippen LogP contribution in [0.3, 0.4) is 0 Å². The van der Waals surface area contributed by atoms with E-state index in [1.54, 1.807) is 29.5 Å². The Morgan fingerprint density at radius 1 is 1.29 bits per heavy atom. The molecule has 0 fully saturated rings. The molecule has 4 rings (SSSR count). The van der Waals surface area contributed by atoms with Gasteiger partial charge in [-0.25, -0.2) is 9.97 Å². The number of hydrogen-bond donors (Lipinski definition) is 1. The number of thiophene rings is 1. The van der Waals surface area contributed by atoms with Crippen molar-refractivity contribution in [3.05, 3.63) is 56.7 Å². The van der Waals surface area contributed by atoms with Crippen molar-refractivity contribution < 1.29 is 4.92 Å². The summed E-state index contributed by atoms with van der Waals surface area (Å²) < 4.78 is 0. The highest BCUT2D eigenvalue weighted by atomic mass is 32.1. The number of nitrogens with zero attached hydrogens (tertiary/aromatic N) is 4. The third kappa shape index (κ3) is 2.50. The van der Waals surface area contributed by atoms with Gasteiger partial charge in [-0.2, -0.15) is 5.10 Å². The highest BCUT2D eigenvalue weighted by Gasteiger charge is 2.21. The number of hydrogen-bond acceptors (Lipinski definition) is 7. The van der Waals surface area contributed by atoms with Gasteiger partial charge in [0.05, 0.1) is 22.1 Å². The minimum Gasteiger partial charge on any atom is -0.261 e. The van der Waals surface area contributed by atoms with Crippen molar-refractivity contribution in [1.29, 1.82) is 0 Å². The standard InChI is InChI=1S/C16H13N5O2S/c22-21(23)12-6-2-1-4-10(12)8-19-20-15-14-11-5-3-7-13(11)24-16(14)18-9-17-15/h1-2,4,6,8-9H,3,5,7H2,(H,17,18,20)/b19-8+. The van der Waals surface area contributed by atoms with Crippen molar-refractivity contribution >= 4 is 39.3 Å². The molecule has 0 saturated carbocycles. The first-order chi connectivity index (χ1) is 11.7. The highest BCUT2D eigenvalue weighted by molar-refractivity contribution is 7.19. The van der Waals surface area contributed by atoms with Crippen LogP contribution in [0.5, 0.6) is 0 Å². The minimum atomic E-state index is -0.421. The van der Waals surface area contributed by atoms with Crippen molar-refractivity contribution in [2.75, 3.05) is 5.43 Å². The molecule has 0 saturated heterocycles. The Kier molecular flexibility index (Phi) is 3.66. The predicted molar refractivity (Wildman–Crippen MR) is 93.8 cm³/mol. The van der Waals surface area contributed by atoms with Gasteiger partial charge in [-0.05, 0) is 30.9 Å². The highest BCUT2D eigenvalue weighted by Crippen LogP contribution is 2.38. The summed E-state index contributed by atoms with van der Waals surface area (Å²) in [4.78, 5) is 21.6. The summed E-state index contributed by atoms with van der Waals surface area (Å²) in [6.45, 7) is 0. The van der Waals surface area contributed by atoms with E-state index in [2.05, 4.69) is 20.5 Å². The van der Waals surface area contributed by atoms with Crippen LogP contribution in [0.4, 0.5) is 11.5 Å². The van der Waals surface area contributed by atoms with E-state index in [9.17, 15) is 10.1 Å². The summed E-state index contributed by atoms with van der Waals surface area (Å²) in [5, 5.41) is 16.2. The maximum Gasteiger partial charge on any atom is 0.278 e. The van der Waals surface area contributed by atoms with E-state index in [0.29, 0.717) is 11.4 Å². The molecule has 0 unspecified atom stereocenters. The van der Waals surface area contributed by atoms with Gasteiger partial charge in [0.15, 0.2) is 5.82 Å². The number of hydrazone groups is 1. The lowest BCUT2D eigenvalue weighted by Crippen LogP contribution is -1.98. The lowest BCUT2D eigenvalue weighted by Gasteiger charge is -2.02. The van der Waals surface area contributed by atoms with Gasteiger partial charge in [-0.15, -0.1) is 11.3 Å². The van der Waals surface area contributed by atoms with Crippen LogP contribution in [0, 0.1) is 10.1 Å². The molecule has 2 aromatic heterocycles. The number of aryl methyl sites for hydroxylation is 2. The van der Waals surface area contributed by atoms with Crippen molar-refractivity contribution in [3.63, 3.8) is 0 Å². The maximum absolute atomic E-state index is 11.0. The molecular formula is C16H13N5O2S. The SMILES string of the molecule is O=[N+]([O-])c1ccccc1/C=N/Nc1ncnc2sc3c(c12)CCC3. The quantitative estimate of drug-likeness (QED) is 0.446. The number of fused-ring (bicyclic) bond motifs is 3. The van der Waals surface area contributed by atoms with E-state index in [4.69, 9.17) is 0 Å². The number of aromatic nitrogens is 2. The summed E-state index contributed by atoms with van der Waals surface area (Å²) in [5.74, 6) is 0.647. The van der Waals surface area contributed by atoms with Crippen LogP contribution in [0.2, 0.25) is 0 Å². The third-order valence-electron chi connectivity index (χ3n) is 4.01. The summed E-state index contributed by atoms with van der Waals surface area (Å²) in [6.07, 6.45) is 6.24. The largest absolute Gasteiger partial charge is 0.278 e. The smallest absolute Gasteiger partial charge is 0.261 e. The van der Waals surface area contributed by atoms with Crippen LogP contribution in [-0.4, -0.2) is 21.1 Å². The molecule has 1 aliphatic carbocycles. The van der Waals surface area contributed by atoms with E-state index in [-0.39, 0.29) is 5.69 Å². The minimum absolute atomic E-state index is 0.0207. The monoisotopic (exact) mass is 339 g/mol. The lowest BCUT2D eigenvalue weighted by atomic mass is 10.2. The first-order valence-corrected chi connectivity index (χ1v) is 8.33. The van der Waals surface area contributed by atoms with E-state index in [1.165, 1.54) is 29.0 Å². The first-order valence-electron chi connectivity index (χ1n) is 7.52. The Morgan fingerprint density at radius 3 is 3.04 bits per heavy atom. The zero-order chi connectivity index (χ0) is 16.5. The van der Waals surface area contributed by atoms with Gasteiger partial charge in [0.25, 0.3) is 5.69 Å². The normalized spacial score (nSPS) is 13.5. The Morgan fingerprint density at radius 2 is 2.17 bits per heavy atom. The van der Waals surface area contributed by atoms with E-state index >= 15 is 0 Å². The molecule has 0 aliphatic heterocycles. The molecule has 8 heteroatoms. The van der Waals surface area contributed by atoms with Crippen molar-refractivity contribution in [2.45, 2.75) is 19.3 Å². The lowest BCUT2D eigenvalue weighted by molar-refractivity contribution is -0.385. The number of rotatable bonds is 4. The molecule has 1 aromatic carbocycles. The molecule has 0 radical (unpaired) electrons. The second kappa shape index (κ2) is 5.97. The molecule has 0 spiro atoms. The fraction of sp³-hybridized carbons (Fsp3) is 0.188. The molecule has 0 bridgehead atoms. The van der Waals surface area contributed by atoms with E-state index in [0.717, 1.165) is 29.5 Å². The molecule has 120 valence electrons. The van der Waals surface area contributed by atoms with Crippen LogP contribution in [-0.2, 0) is 12.8 Å². The molecule has 0 atom stereocenters. The molecule has 7 nitrogen and oxygen atoms in total. The zero-order valence-electron chi connectivity index (χ0n) is 12.6. The van der Waals surface area contributed by atoms with E-state index in [1.807, 2.05) is 0 Å². The number of para-hydroxylation sites is 1. The molecule has 1 aliphatic rings. The summed E-state index contributed by atoms with van der Waals surface area (Å²) in [5.41, 5.74) is 4.69. The van der Waals surface area contributed by atoms with Crippen molar-refractivity contribution in [2.24, 2.45) is 5.10 Å². The number of nitrogens with one attached hydrogen (secondary N) is 1. The number of nitro benzene ring substituents is 1. The fourth-order valence-electron chi connectivity index (χ4n) is 2.94. The molecule has 0 amide bonds. The van der Waals surface area contributed by atoms with Crippen molar-refractivity contribution in [3.8, 4) is 0 Å². The summed E-state index contributed by atoms with van der Waals surface area (Å²) in [6, 6.07) is 6.48. The molecular weight excluding hydrogens is 326 g/mol. The number of benzene rings is 1. The van der Waals surface area contributed by atoms with Crippen LogP contribution < -0.4 is 5.43 Å². The molecule has 3 aromatic rings. The summed E-state index contributed by atoms with van der Waals surface area (Å²) in [7, 11) is 0. The number of nitro groups is 1. The molecule has 2 heterocycles. The van der Waals surface area contributed by atoms with Crippen LogP contribution >= 0.6 is 11.3 Å². The predicted octanol–water partition coefficient (Wildman–Crippen LogP) is 3.53. The molecule has 24 heavy (non-hydrogen) atoms. The second-order valence-electron chi connectivity index (χ2n) is 5.45. The Labute approximate surface area is 141 Å². The Bertz CT molecular complexity index is 966. The van der Waals surface area contributed by atoms with Gasteiger partial charge in [0.2, 0.25) is 0 Å². The van der Waals surface area contributed by atoms with Gasteiger partial charge in [0, 0.05) is 10.9 Å². The second-order valence-corrected chi connectivity index (χ2v) is 6.53. The van der Waals surface area contributed by atoms with Gasteiger partial charge in [0.1, 0.15) is 11.2 Å². The molecule has 1 N–H and O–H groups in total. The topological polar surface area (TPSA) is 93.3 Å². The van der Waals surface area contributed by atoms with Gasteiger partial charge < -0.3 is 0 Å². The average Bonchev–Trinajstić information content (AvgIpc) is 3.16. The summed E-state index contributed by atoms with van der Waals surface area (Å²) >= 11 is 1.70. The van der Waals surface area contributed by atoms with Crippen LogP contribution in [0.1, 0.15) is 22.4 Å². The van der Waals surface area contributed by atoms with Crippen LogP contribution in [0.25, 0.3) is 10.2 Å². The maximum atomic E-state index is 11.0. The van der Waals surface area contributed by atoms with Crippen LogP contribution in [0.15, 0.2) is 35.7 Å². The zero-order valence-corrected chi connectivity index (χ0v) is 13.4. The first kappa shape index (κ1) is 14.7. The Balaban J connectivity index is 1.65. The van der Waals surface area contributed by atoms with Gasteiger partial charge >= 0.3 is 0 Å². The Hall–Kier alpha value is -2.87. The third-order valence-corrected chi connectivity index (χ3v) is 5.21. The average molecular weight is 339 g/mol. The fourth-order valence-corrected chi connectivity index (χ4v) is 4.17. The van der Waals surface area contributed by atoms with E-state index < -0.39 is 4.92 Å². The van der Waals surface area contributed by atoms with Gasteiger partial charge in [-0.3, -0.25) is 15.5 Å². The number of anilines is 1. The van der Waals surface area contributed by atoms with Crippen molar-refractivity contribution in [1.82, 2.24) is 9.97 Å². The van der Waals surface area contributed by atoms with Gasteiger partial charge in [-0.1, -0.05) is 12.1 Å².